The lowest BCUT2D eigenvalue weighted by Gasteiger charge is -2.22. The lowest BCUT2D eigenvalue weighted by molar-refractivity contribution is 0.416. The number of fused-ring (bicyclic) bond motifs is 1. The van der Waals surface area contributed by atoms with E-state index in [2.05, 4.69) is 52.9 Å². The Morgan fingerprint density at radius 3 is 2.94 bits per heavy atom. The molecular formula is C15H19N3. The van der Waals surface area contributed by atoms with Gasteiger partial charge in [-0.05, 0) is 37.8 Å². The van der Waals surface area contributed by atoms with Gasteiger partial charge in [-0.3, -0.25) is 0 Å². The van der Waals surface area contributed by atoms with Crippen molar-refractivity contribution in [1.29, 1.82) is 0 Å². The monoisotopic (exact) mass is 241 g/mol. The van der Waals surface area contributed by atoms with Crippen LogP contribution in [-0.2, 0) is 12.8 Å². The highest BCUT2D eigenvalue weighted by atomic mass is 15.3. The van der Waals surface area contributed by atoms with Gasteiger partial charge in [-0.2, -0.15) is 0 Å². The summed E-state index contributed by atoms with van der Waals surface area (Å²) < 4.78 is 2.34. The van der Waals surface area contributed by atoms with E-state index in [1.165, 1.54) is 24.0 Å². The topological polar surface area (TPSA) is 30.7 Å². The first-order valence-corrected chi connectivity index (χ1v) is 6.73. The van der Waals surface area contributed by atoms with Gasteiger partial charge < -0.3 is 4.57 Å². The van der Waals surface area contributed by atoms with E-state index < -0.39 is 0 Å². The lowest BCUT2D eigenvalue weighted by atomic mass is 10.0. The Balaban J connectivity index is 1.95. The Labute approximate surface area is 108 Å². The number of hydrogen-bond acceptors (Lipinski definition) is 2. The zero-order valence-electron chi connectivity index (χ0n) is 11.1. The molecule has 3 heteroatoms. The SMILES string of the molecule is Cc1ccccc1Cc1nnc2n1C(C)CCC2. The van der Waals surface area contributed by atoms with E-state index in [0.717, 1.165) is 24.5 Å². The third kappa shape index (κ3) is 1.94. The third-order valence-corrected chi connectivity index (χ3v) is 3.91. The molecule has 0 aliphatic carbocycles. The number of nitrogens with zero attached hydrogens (tertiary/aromatic N) is 3. The van der Waals surface area contributed by atoms with Gasteiger partial charge in [0.15, 0.2) is 0 Å². The number of benzene rings is 1. The van der Waals surface area contributed by atoms with Gasteiger partial charge in [-0.1, -0.05) is 24.3 Å². The molecule has 1 aromatic heterocycles. The quantitative estimate of drug-likeness (QED) is 0.809. The van der Waals surface area contributed by atoms with Crippen LogP contribution in [0.3, 0.4) is 0 Å². The van der Waals surface area contributed by atoms with Crippen LogP contribution in [0.1, 0.15) is 48.6 Å². The van der Waals surface area contributed by atoms with E-state index in [-0.39, 0.29) is 0 Å². The highest BCUT2D eigenvalue weighted by Crippen LogP contribution is 2.25. The predicted molar refractivity (Wildman–Crippen MR) is 71.7 cm³/mol. The predicted octanol–water partition coefficient (Wildman–Crippen LogP) is 3.07. The fourth-order valence-electron chi connectivity index (χ4n) is 2.82. The molecule has 0 saturated carbocycles. The van der Waals surface area contributed by atoms with E-state index in [1.807, 2.05) is 0 Å². The first kappa shape index (κ1) is 11.5. The molecule has 0 spiro atoms. The number of aromatic nitrogens is 3. The highest BCUT2D eigenvalue weighted by molar-refractivity contribution is 5.28. The molecule has 2 aromatic rings. The van der Waals surface area contributed by atoms with E-state index >= 15 is 0 Å². The summed E-state index contributed by atoms with van der Waals surface area (Å²) in [7, 11) is 0. The molecule has 18 heavy (non-hydrogen) atoms. The van der Waals surface area contributed by atoms with Gasteiger partial charge in [0.25, 0.3) is 0 Å². The second kappa shape index (κ2) is 4.56. The lowest BCUT2D eigenvalue weighted by Crippen LogP contribution is -2.18. The van der Waals surface area contributed by atoms with Gasteiger partial charge in [0.1, 0.15) is 11.6 Å². The standard InChI is InChI=1S/C15H19N3/c1-11-6-3-4-8-13(11)10-15-17-16-14-9-5-7-12(2)18(14)15/h3-4,6,8,12H,5,7,9-10H2,1-2H3. The summed E-state index contributed by atoms with van der Waals surface area (Å²) in [5, 5.41) is 8.74. The number of hydrogen-bond donors (Lipinski definition) is 0. The molecule has 0 amide bonds. The molecule has 0 bridgehead atoms. The molecule has 0 N–H and O–H groups in total. The van der Waals surface area contributed by atoms with Crippen molar-refractivity contribution in [3.8, 4) is 0 Å². The van der Waals surface area contributed by atoms with Crippen LogP contribution in [0.25, 0.3) is 0 Å². The van der Waals surface area contributed by atoms with Crippen molar-refractivity contribution >= 4 is 0 Å². The van der Waals surface area contributed by atoms with Gasteiger partial charge in [0.2, 0.25) is 0 Å². The molecule has 1 aliphatic rings. The first-order chi connectivity index (χ1) is 8.75. The molecule has 1 aromatic carbocycles. The molecule has 94 valence electrons. The molecule has 3 nitrogen and oxygen atoms in total. The molecule has 0 fully saturated rings. The van der Waals surface area contributed by atoms with Gasteiger partial charge >= 0.3 is 0 Å². The molecule has 1 aliphatic heterocycles. The fraction of sp³-hybridized carbons (Fsp3) is 0.467. The average molecular weight is 241 g/mol. The van der Waals surface area contributed by atoms with Crippen molar-refractivity contribution in [2.45, 2.75) is 45.6 Å². The number of rotatable bonds is 2. The zero-order chi connectivity index (χ0) is 12.5. The Hall–Kier alpha value is -1.64. The minimum Gasteiger partial charge on any atom is -0.312 e. The van der Waals surface area contributed by atoms with Crippen LogP contribution in [0.15, 0.2) is 24.3 Å². The summed E-state index contributed by atoms with van der Waals surface area (Å²) in [6.07, 6.45) is 4.45. The number of aryl methyl sites for hydroxylation is 2. The molecule has 2 heterocycles. The molecule has 0 saturated heterocycles. The van der Waals surface area contributed by atoms with Crippen LogP contribution < -0.4 is 0 Å². The van der Waals surface area contributed by atoms with Crippen LogP contribution in [0.4, 0.5) is 0 Å². The van der Waals surface area contributed by atoms with E-state index in [1.54, 1.807) is 0 Å². The third-order valence-electron chi connectivity index (χ3n) is 3.91. The van der Waals surface area contributed by atoms with Crippen LogP contribution >= 0.6 is 0 Å². The van der Waals surface area contributed by atoms with E-state index in [9.17, 15) is 0 Å². The summed E-state index contributed by atoms with van der Waals surface area (Å²) in [6.45, 7) is 4.43. The maximum atomic E-state index is 4.40. The minimum atomic E-state index is 0.544. The molecule has 1 atom stereocenters. The largest absolute Gasteiger partial charge is 0.312 e. The summed E-state index contributed by atoms with van der Waals surface area (Å²) in [5.74, 6) is 2.28. The van der Waals surface area contributed by atoms with Crippen molar-refractivity contribution in [1.82, 2.24) is 14.8 Å². The van der Waals surface area contributed by atoms with E-state index in [0.29, 0.717) is 6.04 Å². The first-order valence-electron chi connectivity index (χ1n) is 6.73. The van der Waals surface area contributed by atoms with E-state index in [4.69, 9.17) is 0 Å². The zero-order valence-corrected chi connectivity index (χ0v) is 11.1. The van der Waals surface area contributed by atoms with Gasteiger partial charge in [-0.15, -0.1) is 10.2 Å². The average Bonchev–Trinajstić information content (AvgIpc) is 2.77. The summed E-state index contributed by atoms with van der Waals surface area (Å²) >= 11 is 0. The summed E-state index contributed by atoms with van der Waals surface area (Å²) in [4.78, 5) is 0. The van der Waals surface area contributed by atoms with Crippen molar-refractivity contribution in [3.05, 3.63) is 47.0 Å². The van der Waals surface area contributed by atoms with Crippen LogP contribution in [-0.4, -0.2) is 14.8 Å². The summed E-state index contributed by atoms with van der Waals surface area (Å²) in [5.41, 5.74) is 2.68. The van der Waals surface area contributed by atoms with Crippen LogP contribution in [0, 0.1) is 6.92 Å². The second-order valence-corrected chi connectivity index (χ2v) is 5.25. The van der Waals surface area contributed by atoms with Crippen molar-refractivity contribution in [2.75, 3.05) is 0 Å². The molecular weight excluding hydrogens is 222 g/mol. The van der Waals surface area contributed by atoms with Crippen LogP contribution in [0.2, 0.25) is 0 Å². The maximum Gasteiger partial charge on any atom is 0.137 e. The molecule has 1 unspecified atom stereocenters. The van der Waals surface area contributed by atoms with Crippen molar-refractivity contribution in [3.63, 3.8) is 0 Å². The summed E-state index contributed by atoms with van der Waals surface area (Å²) in [6, 6.07) is 9.07. The smallest absolute Gasteiger partial charge is 0.137 e. The van der Waals surface area contributed by atoms with Crippen molar-refractivity contribution in [2.24, 2.45) is 0 Å². The second-order valence-electron chi connectivity index (χ2n) is 5.25. The maximum absolute atomic E-state index is 4.40. The Kier molecular flexibility index (Phi) is 2.90. The Bertz CT molecular complexity index is 557. The normalized spacial score (nSPS) is 18.7. The van der Waals surface area contributed by atoms with Crippen LogP contribution in [0.5, 0.6) is 0 Å². The van der Waals surface area contributed by atoms with Gasteiger partial charge in [0.05, 0.1) is 0 Å². The minimum absolute atomic E-state index is 0.544. The molecule has 0 radical (unpaired) electrons. The Morgan fingerprint density at radius 2 is 2.11 bits per heavy atom. The van der Waals surface area contributed by atoms with Gasteiger partial charge in [0, 0.05) is 18.9 Å². The Morgan fingerprint density at radius 1 is 1.28 bits per heavy atom. The fourth-order valence-corrected chi connectivity index (χ4v) is 2.82. The highest BCUT2D eigenvalue weighted by Gasteiger charge is 2.21. The van der Waals surface area contributed by atoms with Crippen molar-refractivity contribution < 1.29 is 0 Å². The molecule has 3 rings (SSSR count). The van der Waals surface area contributed by atoms with Gasteiger partial charge in [-0.25, -0.2) is 0 Å².